The standard InChI is InChI=1S/C14H19NO2S/c1-8-5-9(2)14-11(6-8)15(4)10(3)12(18-14)7-13(16)17/h5-6,10,12H,7H2,1-4H3,(H,16,17). The van der Waals surface area contributed by atoms with Crippen LogP contribution < -0.4 is 4.90 Å². The Morgan fingerprint density at radius 1 is 1.44 bits per heavy atom. The molecular weight excluding hydrogens is 246 g/mol. The van der Waals surface area contributed by atoms with Crippen molar-refractivity contribution in [2.45, 2.75) is 43.4 Å². The summed E-state index contributed by atoms with van der Waals surface area (Å²) in [6.07, 6.45) is 0.211. The average Bonchev–Trinajstić information content (AvgIpc) is 2.26. The Morgan fingerprint density at radius 2 is 2.11 bits per heavy atom. The van der Waals surface area contributed by atoms with Crippen LogP contribution in [0, 0.1) is 13.8 Å². The first kappa shape index (κ1) is 13.3. The molecule has 1 aliphatic heterocycles. The second-order valence-electron chi connectivity index (χ2n) is 5.04. The lowest BCUT2D eigenvalue weighted by Crippen LogP contribution is -2.41. The highest BCUT2D eigenvalue weighted by Gasteiger charge is 2.32. The van der Waals surface area contributed by atoms with Gasteiger partial charge in [0.1, 0.15) is 0 Å². The number of fused-ring (bicyclic) bond motifs is 1. The van der Waals surface area contributed by atoms with E-state index in [4.69, 9.17) is 5.11 Å². The molecular formula is C14H19NO2S. The van der Waals surface area contributed by atoms with E-state index >= 15 is 0 Å². The number of nitrogens with zero attached hydrogens (tertiary/aromatic N) is 1. The molecule has 2 atom stereocenters. The number of aryl methyl sites for hydroxylation is 2. The number of carboxylic acid groups (broad SMARTS) is 1. The summed E-state index contributed by atoms with van der Waals surface area (Å²) in [5.74, 6) is -0.721. The van der Waals surface area contributed by atoms with E-state index in [-0.39, 0.29) is 17.7 Å². The summed E-state index contributed by atoms with van der Waals surface area (Å²) in [5.41, 5.74) is 3.72. The molecule has 98 valence electrons. The van der Waals surface area contributed by atoms with E-state index in [2.05, 4.69) is 44.9 Å². The minimum absolute atomic E-state index is 0.112. The molecule has 2 unspecified atom stereocenters. The van der Waals surface area contributed by atoms with E-state index in [0.717, 1.165) is 0 Å². The number of carbonyl (C=O) groups is 1. The summed E-state index contributed by atoms with van der Waals surface area (Å²) in [6.45, 7) is 6.29. The molecule has 0 amide bonds. The molecule has 0 fully saturated rings. The smallest absolute Gasteiger partial charge is 0.304 e. The van der Waals surface area contributed by atoms with Crippen molar-refractivity contribution in [3.8, 4) is 0 Å². The third-order valence-electron chi connectivity index (χ3n) is 3.57. The second-order valence-corrected chi connectivity index (χ2v) is 6.29. The van der Waals surface area contributed by atoms with Crippen molar-refractivity contribution in [2.24, 2.45) is 0 Å². The molecule has 0 saturated carbocycles. The van der Waals surface area contributed by atoms with Gasteiger partial charge in [-0.3, -0.25) is 4.79 Å². The summed E-state index contributed by atoms with van der Waals surface area (Å²) in [7, 11) is 2.05. The second kappa shape index (κ2) is 4.84. The van der Waals surface area contributed by atoms with Crippen LogP contribution in [0.3, 0.4) is 0 Å². The molecule has 1 N–H and O–H groups in total. The Morgan fingerprint density at radius 3 is 2.72 bits per heavy atom. The van der Waals surface area contributed by atoms with E-state index in [1.807, 2.05) is 0 Å². The number of rotatable bonds is 2. The van der Waals surface area contributed by atoms with E-state index in [1.54, 1.807) is 11.8 Å². The van der Waals surface area contributed by atoms with Crippen LogP contribution in [0.1, 0.15) is 24.5 Å². The van der Waals surface area contributed by atoms with Crippen LogP contribution >= 0.6 is 11.8 Å². The fourth-order valence-corrected chi connectivity index (χ4v) is 3.93. The number of thioether (sulfide) groups is 1. The zero-order valence-electron chi connectivity index (χ0n) is 11.2. The number of hydrogen-bond acceptors (Lipinski definition) is 3. The Labute approximate surface area is 112 Å². The lowest BCUT2D eigenvalue weighted by Gasteiger charge is -2.39. The summed E-state index contributed by atoms with van der Waals surface area (Å²) in [6, 6.07) is 4.58. The van der Waals surface area contributed by atoms with Gasteiger partial charge in [-0.25, -0.2) is 0 Å². The predicted octanol–water partition coefficient (Wildman–Crippen LogP) is 3.08. The van der Waals surface area contributed by atoms with Crippen LogP contribution in [-0.2, 0) is 4.79 Å². The molecule has 1 aliphatic rings. The van der Waals surface area contributed by atoms with Crippen molar-refractivity contribution in [3.63, 3.8) is 0 Å². The highest BCUT2D eigenvalue weighted by Crippen LogP contribution is 2.44. The highest BCUT2D eigenvalue weighted by molar-refractivity contribution is 8.00. The van der Waals surface area contributed by atoms with Gasteiger partial charge in [-0.1, -0.05) is 6.07 Å². The van der Waals surface area contributed by atoms with Crippen LogP contribution in [0.25, 0.3) is 0 Å². The third-order valence-corrected chi connectivity index (χ3v) is 5.20. The number of anilines is 1. The molecule has 0 aliphatic carbocycles. The first-order valence-corrected chi connectivity index (χ1v) is 7.00. The SMILES string of the molecule is Cc1cc(C)c2c(c1)N(C)C(C)C(CC(=O)O)S2. The number of carboxylic acids is 1. The minimum Gasteiger partial charge on any atom is -0.481 e. The van der Waals surface area contributed by atoms with Crippen molar-refractivity contribution in [2.75, 3.05) is 11.9 Å². The van der Waals surface area contributed by atoms with Gasteiger partial charge in [0.25, 0.3) is 0 Å². The fourth-order valence-electron chi connectivity index (χ4n) is 2.45. The molecule has 1 aromatic carbocycles. The Hall–Kier alpha value is -1.16. The van der Waals surface area contributed by atoms with Crippen molar-refractivity contribution >= 4 is 23.4 Å². The summed E-state index contributed by atoms with van der Waals surface area (Å²) < 4.78 is 0. The van der Waals surface area contributed by atoms with E-state index in [9.17, 15) is 4.79 Å². The highest BCUT2D eigenvalue weighted by atomic mass is 32.2. The summed E-state index contributed by atoms with van der Waals surface area (Å²) in [4.78, 5) is 14.4. The van der Waals surface area contributed by atoms with Crippen molar-refractivity contribution in [1.29, 1.82) is 0 Å². The Balaban J connectivity index is 2.41. The maximum absolute atomic E-state index is 10.9. The van der Waals surface area contributed by atoms with Gasteiger partial charge < -0.3 is 10.0 Å². The quantitative estimate of drug-likeness (QED) is 0.892. The zero-order valence-corrected chi connectivity index (χ0v) is 12.0. The lowest BCUT2D eigenvalue weighted by atomic mass is 10.1. The van der Waals surface area contributed by atoms with Gasteiger partial charge in [0.05, 0.1) is 12.1 Å². The van der Waals surface area contributed by atoms with Gasteiger partial charge in [-0.15, -0.1) is 11.8 Å². The first-order chi connectivity index (χ1) is 8.40. The van der Waals surface area contributed by atoms with Crippen LogP contribution in [-0.4, -0.2) is 29.4 Å². The molecule has 0 aromatic heterocycles. The van der Waals surface area contributed by atoms with E-state index in [1.165, 1.54) is 21.7 Å². The lowest BCUT2D eigenvalue weighted by molar-refractivity contribution is -0.137. The van der Waals surface area contributed by atoms with Gasteiger partial charge in [0, 0.05) is 23.2 Å². The molecule has 0 radical (unpaired) electrons. The van der Waals surface area contributed by atoms with Crippen LogP contribution in [0.5, 0.6) is 0 Å². The number of benzene rings is 1. The number of aliphatic carboxylic acids is 1. The van der Waals surface area contributed by atoms with Crippen molar-refractivity contribution < 1.29 is 9.90 Å². The first-order valence-electron chi connectivity index (χ1n) is 6.12. The van der Waals surface area contributed by atoms with Crippen LogP contribution in [0.15, 0.2) is 17.0 Å². The molecule has 1 aromatic rings. The average molecular weight is 265 g/mol. The van der Waals surface area contributed by atoms with E-state index in [0.29, 0.717) is 0 Å². The molecule has 0 bridgehead atoms. The topological polar surface area (TPSA) is 40.5 Å². The van der Waals surface area contributed by atoms with Gasteiger partial charge in [-0.2, -0.15) is 0 Å². The van der Waals surface area contributed by atoms with Gasteiger partial charge in [-0.05, 0) is 38.0 Å². The minimum atomic E-state index is -0.721. The van der Waals surface area contributed by atoms with Crippen LogP contribution in [0.4, 0.5) is 5.69 Å². The molecule has 3 nitrogen and oxygen atoms in total. The Kier molecular flexibility index (Phi) is 3.57. The van der Waals surface area contributed by atoms with Gasteiger partial charge in [0.2, 0.25) is 0 Å². The summed E-state index contributed by atoms with van der Waals surface area (Å²) in [5, 5.41) is 9.11. The molecule has 1 heterocycles. The molecule has 4 heteroatoms. The van der Waals surface area contributed by atoms with Gasteiger partial charge >= 0.3 is 5.97 Å². The largest absolute Gasteiger partial charge is 0.481 e. The monoisotopic (exact) mass is 265 g/mol. The third kappa shape index (κ3) is 2.34. The Bertz CT molecular complexity index is 487. The number of hydrogen-bond donors (Lipinski definition) is 1. The molecule has 0 spiro atoms. The van der Waals surface area contributed by atoms with Crippen molar-refractivity contribution in [3.05, 3.63) is 23.3 Å². The molecule has 0 saturated heterocycles. The van der Waals surface area contributed by atoms with Crippen LogP contribution in [0.2, 0.25) is 0 Å². The normalized spacial score (nSPS) is 22.8. The maximum Gasteiger partial charge on any atom is 0.304 e. The van der Waals surface area contributed by atoms with Crippen molar-refractivity contribution in [1.82, 2.24) is 0 Å². The van der Waals surface area contributed by atoms with Gasteiger partial charge in [0.15, 0.2) is 0 Å². The summed E-state index contributed by atoms with van der Waals surface area (Å²) >= 11 is 1.71. The predicted molar refractivity (Wildman–Crippen MR) is 75.7 cm³/mol. The fraction of sp³-hybridized carbons (Fsp3) is 0.500. The van der Waals surface area contributed by atoms with E-state index < -0.39 is 5.97 Å². The zero-order chi connectivity index (χ0) is 13.4. The molecule has 18 heavy (non-hydrogen) atoms. The maximum atomic E-state index is 10.9. The molecule has 2 rings (SSSR count).